The first-order chi connectivity index (χ1) is 18.3. The van der Waals surface area contributed by atoms with Crippen LogP contribution in [0.5, 0.6) is 0 Å². The van der Waals surface area contributed by atoms with Gasteiger partial charge in [0.15, 0.2) is 5.69 Å². The van der Waals surface area contributed by atoms with E-state index in [1.807, 2.05) is 24.3 Å². The maximum absolute atomic E-state index is 13.5. The molecule has 2 heterocycles. The lowest BCUT2D eigenvalue weighted by Gasteiger charge is -2.19. The second kappa shape index (κ2) is 10.8. The van der Waals surface area contributed by atoms with Crippen LogP contribution < -0.4 is 11.1 Å². The molecule has 1 atom stereocenters. The number of nitrogens with one attached hydrogen (secondary N) is 1. The summed E-state index contributed by atoms with van der Waals surface area (Å²) in [5.74, 6) is -0.207. The summed E-state index contributed by atoms with van der Waals surface area (Å²) in [6.45, 7) is 0.787. The van der Waals surface area contributed by atoms with Crippen molar-refractivity contribution in [1.82, 2.24) is 14.8 Å². The van der Waals surface area contributed by atoms with Crippen LogP contribution in [-0.2, 0) is 17.5 Å². The summed E-state index contributed by atoms with van der Waals surface area (Å²) in [6, 6.07) is 19.9. The molecule has 1 aliphatic rings. The molecule has 5 rings (SSSR count). The van der Waals surface area contributed by atoms with Gasteiger partial charge in [-0.05, 0) is 66.3 Å². The topological polar surface area (TPSA) is 95.1 Å². The van der Waals surface area contributed by atoms with E-state index in [0.29, 0.717) is 29.5 Å². The Kier molecular flexibility index (Phi) is 7.26. The van der Waals surface area contributed by atoms with E-state index in [2.05, 4.69) is 15.4 Å². The predicted molar refractivity (Wildman–Crippen MR) is 136 cm³/mol. The maximum atomic E-state index is 13.5. The zero-order chi connectivity index (χ0) is 26.7. The summed E-state index contributed by atoms with van der Waals surface area (Å²) in [7, 11) is 0. The summed E-state index contributed by atoms with van der Waals surface area (Å²) < 4.78 is 47.7. The quantitative estimate of drug-likeness (QED) is 0.303. The third-order valence-corrected chi connectivity index (χ3v) is 6.22. The number of aromatic nitrogens is 3. The molecule has 0 aliphatic heterocycles. The number of nitrogens with two attached hydrogens (primary N) is 1. The largest absolute Gasteiger partial charge is 0.435 e. The first kappa shape index (κ1) is 25.6. The van der Waals surface area contributed by atoms with Crippen LogP contribution in [0.15, 0.2) is 79.0 Å². The van der Waals surface area contributed by atoms with Gasteiger partial charge in [-0.1, -0.05) is 30.3 Å². The van der Waals surface area contributed by atoms with E-state index in [9.17, 15) is 18.0 Å². The van der Waals surface area contributed by atoms with Crippen LogP contribution in [0.4, 0.5) is 18.9 Å². The van der Waals surface area contributed by atoms with E-state index >= 15 is 0 Å². The smallest absolute Gasteiger partial charge is 0.367 e. The summed E-state index contributed by atoms with van der Waals surface area (Å²) in [5.41, 5.74) is 7.15. The van der Waals surface area contributed by atoms with Crippen LogP contribution in [-0.4, -0.2) is 27.3 Å². The Morgan fingerprint density at radius 3 is 2.61 bits per heavy atom. The summed E-state index contributed by atoms with van der Waals surface area (Å²) in [4.78, 5) is 17.7. The van der Waals surface area contributed by atoms with Crippen LogP contribution in [0.1, 0.15) is 51.9 Å². The van der Waals surface area contributed by atoms with E-state index in [1.54, 1.807) is 48.7 Å². The molecule has 2 aromatic heterocycles. The highest BCUT2D eigenvalue weighted by Gasteiger charge is 2.36. The average molecular weight is 522 g/mol. The minimum atomic E-state index is -4.72. The first-order valence-electron chi connectivity index (χ1n) is 12.2. The Balaban J connectivity index is 1.44. The van der Waals surface area contributed by atoms with Gasteiger partial charge in [0.05, 0.1) is 18.0 Å². The maximum Gasteiger partial charge on any atom is 0.435 e. The van der Waals surface area contributed by atoms with Crippen LogP contribution in [0.25, 0.3) is 5.69 Å². The number of alkyl halides is 3. The molecule has 2 aromatic carbocycles. The Labute approximate surface area is 217 Å². The van der Waals surface area contributed by atoms with E-state index < -0.39 is 23.9 Å². The van der Waals surface area contributed by atoms with Gasteiger partial charge in [0.1, 0.15) is 11.8 Å². The third kappa shape index (κ3) is 5.92. The number of hydrogen-bond donors (Lipinski definition) is 2. The Bertz CT molecular complexity index is 1420. The predicted octanol–water partition coefficient (Wildman–Crippen LogP) is 5.51. The highest BCUT2D eigenvalue weighted by molar-refractivity contribution is 6.03. The van der Waals surface area contributed by atoms with Crippen LogP contribution in [0.3, 0.4) is 0 Å². The molecule has 1 aliphatic carbocycles. The number of anilines is 1. The van der Waals surface area contributed by atoms with Gasteiger partial charge in [0.2, 0.25) is 0 Å². The number of rotatable bonds is 9. The number of nitrogens with zero attached hydrogens (tertiary/aromatic N) is 3. The van der Waals surface area contributed by atoms with Gasteiger partial charge >= 0.3 is 6.18 Å². The number of ether oxygens (including phenoxy) is 1. The van der Waals surface area contributed by atoms with Gasteiger partial charge in [0.25, 0.3) is 5.91 Å². The molecule has 1 amide bonds. The summed E-state index contributed by atoms with van der Waals surface area (Å²) >= 11 is 0. The zero-order valence-corrected chi connectivity index (χ0v) is 20.4. The number of hydrogen-bond acceptors (Lipinski definition) is 5. The molecular formula is C28H26F3N5O2. The van der Waals surface area contributed by atoms with Crippen molar-refractivity contribution < 1.29 is 22.7 Å². The molecule has 196 valence electrons. The van der Waals surface area contributed by atoms with Crippen molar-refractivity contribution >= 4 is 11.6 Å². The van der Waals surface area contributed by atoms with Crippen molar-refractivity contribution in [2.24, 2.45) is 11.7 Å². The van der Waals surface area contributed by atoms with Gasteiger partial charge < -0.3 is 15.8 Å². The van der Waals surface area contributed by atoms with Crippen LogP contribution in [0.2, 0.25) is 0 Å². The highest BCUT2D eigenvalue weighted by atomic mass is 19.4. The highest BCUT2D eigenvalue weighted by Crippen LogP contribution is 2.34. The van der Waals surface area contributed by atoms with Crippen LogP contribution >= 0.6 is 0 Å². The van der Waals surface area contributed by atoms with E-state index in [-0.39, 0.29) is 12.2 Å². The van der Waals surface area contributed by atoms with Crippen molar-refractivity contribution in [2.75, 3.05) is 11.9 Å². The van der Waals surface area contributed by atoms with Gasteiger partial charge in [-0.2, -0.15) is 18.3 Å². The number of amides is 1. The molecule has 1 saturated carbocycles. The summed E-state index contributed by atoms with van der Waals surface area (Å²) in [5, 5.41) is 6.40. The number of carbonyl (C=O) groups excluding carboxylic acids is 1. The van der Waals surface area contributed by atoms with Crippen LogP contribution in [0, 0.1) is 5.92 Å². The lowest BCUT2D eigenvalue weighted by molar-refractivity contribution is -0.141. The summed E-state index contributed by atoms with van der Waals surface area (Å²) in [6.07, 6.45) is -1.22. The molecule has 3 N–H and O–H groups in total. The minimum absolute atomic E-state index is 0.190. The monoisotopic (exact) mass is 521 g/mol. The molecule has 0 radical (unpaired) electrons. The second-order valence-electron chi connectivity index (χ2n) is 9.19. The van der Waals surface area contributed by atoms with Crippen molar-refractivity contribution in [1.29, 1.82) is 0 Å². The average Bonchev–Trinajstić information content (AvgIpc) is 3.63. The molecule has 0 unspecified atom stereocenters. The Hall–Kier alpha value is -4.02. The lowest BCUT2D eigenvalue weighted by atomic mass is 10.0. The lowest BCUT2D eigenvalue weighted by Crippen LogP contribution is -2.17. The number of carbonyl (C=O) groups is 1. The standard InChI is InChI=1S/C28H26F3N5O2/c29-28(30,31)25-15-24(36(35-25)22-8-3-5-19(13-22)16-32)27(37)34-21-7-4-6-20(14-21)26(38-17-18-10-11-18)23-9-1-2-12-33-23/h1-9,12-15,18,26H,10-11,16-17,32H2,(H,34,37)/t26-/m1/s1. The molecule has 0 spiro atoms. The third-order valence-electron chi connectivity index (χ3n) is 6.22. The zero-order valence-electron chi connectivity index (χ0n) is 20.4. The van der Waals surface area contributed by atoms with E-state index in [1.165, 1.54) is 0 Å². The molecule has 4 aromatic rings. The van der Waals surface area contributed by atoms with Gasteiger partial charge in [-0.25, -0.2) is 4.68 Å². The number of pyridine rings is 1. The van der Waals surface area contributed by atoms with Crippen molar-refractivity contribution in [3.8, 4) is 5.69 Å². The SMILES string of the molecule is NCc1cccc(-n2nc(C(F)(F)F)cc2C(=O)Nc2cccc([C@@H](OCC3CC3)c3ccccn3)c2)c1. The first-order valence-corrected chi connectivity index (χ1v) is 12.2. The van der Waals surface area contributed by atoms with Crippen molar-refractivity contribution in [3.63, 3.8) is 0 Å². The van der Waals surface area contributed by atoms with Gasteiger partial charge in [-0.3, -0.25) is 9.78 Å². The van der Waals surface area contributed by atoms with Gasteiger partial charge in [0, 0.05) is 24.5 Å². The number of halogens is 3. The van der Waals surface area contributed by atoms with E-state index in [0.717, 1.165) is 34.8 Å². The number of benzene rings is 2. The molecule has 7 nitrogen and oxygen atoms in total. The fraction of sp³-hybridized carbons (Fsp3) is 0.250. The fourth-order valence-electron chi connectivity index (χ4n) is 4.07. The minimum Gasteiger partial charge on any atom is -0.367 e. The normalized spacial score (nSPS) is 14.3. The molecule has 10 heteroatoms. The van der Waals surface area contributed by atoms with Crippen molar-refractivity contribution in [3.05, 3.63) is 107 Å². The van der Waals surface area contributed by atoms with Gasteiger partial charge in [-0.15, -0.1) is 0 Å². The molecule has 0 saturated heterocycles. The Morgan fingerprint density at radius 1 is 1.08 bits per heavy atom. The Morgan fingerprint density at radius 2 is 1.89 bits per heavy atom. The van der Waals surface area contributed by atoms with Crippen molar-refractivity contribution in [2.45, 2.75) is 31.7 Å². The molecular weight excluding hydrogens is 495 g/mol. The molecule has 38 heavy (non-hydrogen) atoms. The molecule has 0 bridgehead atoms. The fourth-order valence-corrected chi connectivity index (χ4v) is 4.07. The second-order valence-corrected chi connectivity index (χ2v) is 9.19. The molecule has 1 fully saturated rings. The van der Waals surface area contributed by atoms with E-state index in [4.69, 9.17) is 10.5 Å².